The van der Waals surface area contributed by atoms with E-state index in [-0.39, 0.29) is 0 Å². The van der Waals surface area contributed by atoms with Crippen molar-refractivity contribution in [1.29, 1.82) is 0 Å². The standard InChI is InChI=1S/C18H13ClO4/c1-10(20)22-17-13-5-3-4-6-14(13)18(23-11(2)21)16-9-12(19)7-8-15(16)17/h3-9H,1-2H3. The van der Waals surface area contributed by atoms with Gasteiger partial charge in [0.15, 0.2) is 0 Å². The van der Waals surface area contributed by atoms with Crippen molar-refractivity contribution in [3.8, 4) is 11.5 Å². The van der Waals surface area contributed by atoms with E-state index >= 15 is 0 Å². The molecular weight excluding hydrogens is 316 g/mol. The van der Waals surface area contributed by atoms with Gasteiger partial charge in [-0.15, -0.1) is 0 Å². The van der Waals surface area contributed by atoms with Crippen LogP contribution in [0.5, 0.6) is 11.5 Å². The molecule has 0 aliphatic carbocycles. The number of rotatable bonds is 2. The van der Waals surface area contributed by atoms with Crippen molar-refractivity contribution in [2.24, 2.45) is 0 Å². The van der Waals surface area contributed by atoms with Crippen molar-refractivity contribution in [2.45, 2.75) is 13.8 Å². The van der Waals surface area contributed by atoms with Gasteiger partial charge in [0.2, 0.25) is 0 Å². The molecule has 0 aliphatic heterocycles. The zero-order valence-electron chi connectivity index (χ0n) is 12.6. The third-order valence-corrected chi connectivity index (χ3v) is 3.61. The molecule has 0 heterocycles. The summed E-state index contributed by atoms with van der Waals surface area (Å²) in [5.41, 5.74) is 0. The minimum atomic E-state index is -0.434. The minimum Gasteiger partial charge on any atom is -0.425 e. The van der Waals surface area contributed by atoms with Crippen LogP contribution in [-0.4, -0.2) is 11.9 Å². The molecule has 0 bridgehead atoms. The van der Waals surface area contributed by atoms with Crippen molar-refractivity contribution in [2.75, 3.05) is 0 Å². The zero-order chi connectivity index (χ0) is 16.6. The Morgan fingerprint density at radius 3 is 1.78 bits per heavy atom. The molecule has 0 saturated carbocycles. The van der Waals surface area contributed by atoms with Crippen LogP contribution in [0, 0.1) is 0 Å². The molecule has 3 aromatic rings. The monoisotopic (exact) mass is 328 g/mol. The number of benzene rings is 3. The van der Waals surface area contributed by atoms with Crippen LogP contribution in [0.1, 0.15) is 13.8 Å². The first-order chi connectivity index (χ1) is 11.0. The third-order valence-electron chi connectivity index (χ3n) is 3.38. The summed E-state index contributed by atoms with van der Waals surface area (Å²) in [7, 11) is 0. The molecule has 0 unspecified atom stereocenters. The molecule has 0 amide bonds. The number of fused-ring (bicyclic) bond motifs is 2. The molecule has 0 radical (unpaired) electrons. The summed E-state index contributed by atoms with van der Waals surface area (Å²) >= 11 is 6.09. The second-order valence-corrected chi connectivity index (χ2v) is 5.52. The van der Waals surface area contributed by atoms with E-state index in [4.69, 9.17) is 21.1 Å². The fraction of sp³-hybridized carbons (Fsp3) is 0.111. The van der Waals surface area contributed by atoms with Crippen molar-refractivity contribution in [1.82, 2.24) is 0 Å². The zero-order valence-corrected chi connectivity index (χ0v) is 13.3. The third kappa shape index (κ3) is 2.85. The predicted octanol–water partition coefficient (Wildman–Crippen LogP) is 4.50. The first-order valence-corrected chi connectivity index (χ1v) is 7.36. The maximum Gasteiger partial charge on any atom is 0.308 e. The van der Waals surface area contributed by atoms with Gasteiger partial charge in [-0.25, -0.2) is 0 Å². The highest BCUT2D eigenvalue weighted by molar-refractivity contribution is 6.31. The molecular formula is C18H13ClO4. The second-order valence-electron chi connectivity index (χ2n) is 5.08. The van der Waals surface area contributed by atoms with Crippen molar-refractivity contribution >= 4 is 45.1 Å². The second kappa shape index (κ2) is 5.89. The van der Waals surface area contributed by atoms with Gasteiger partial charge in [0.25, 0.3) is 0 Å². The summed E-state index contributed by atoms with van der Waals surface area (Å²) in [6.07, 6.45) is 0. The van der Waals surface area contributed by atoms with Crippen molar-refractivity contribution < 1.29 is 19.1 Å². The van der Waals surface area contributed by atoms with Gasteiger partial charge in [0, 0.05) is 40.4 Å². The molecule has 3 aromatic carbocycles. The molecule has 0 N–H and O–H groups in total. The molecule has 0 fully saturated rings. The Kier molecular flexibility index (Phi) is 3.92. The number of hydrogen-bond acceptors (Lipinski definition) is 4. The van der Waals surface area contributed by atoms with Crippen LogP contribution in [0.15, 0.2) is 42.5 Å². The van der Waals surface area contributed by atoms with E-state index in [1.54, 1.807) is 24.3 Å². The lowest BCUT2D eigenvalue weighted by Gasteiger charge is -2.15. The van der Waals surface area contributed by atoms with Crippen LogP contribution in [0.2, 0.25) is 5.02 Å². The van der Waals surface area contributed by atoms with Crippen LogP contribution in [0.4, 0.5) is 0 Å². The Bertz CT molecular complexity index is 947. The van der Waals surface area contributed by atoms with Crippen LogP contribution in [0.3, 0.4) is 0 Å². The summed E-state index contributed by atoms with van der Waals surface area (Å²) in [6, 6.07) is 12.4. The Labute approximate surface area is 137 Å². The normalized spacial score (nSPS) is 10.7. The summed E-state index contributed by atoms with van der Waals surface area (Å²) in [5.74, 6) is -0.0273. The summed E-state index contributed by atoms with van der Waals surface area (Å²) in [6.45, 7) is 2.68. The number of ether oxygens (including phenoxy) is 2. The molecule has 23 heavy (non-hydrogen) atoms. The summed E-state index contributed by atoms with van der Waals surface area (Å²) < 4.78 is 10.8. The Morgan fingerprint density at radius 1 is 0.783 bits per heavy atom. The van der Waals surface area contributed by atoms with Gasteiger partial charge in [-0.1, -0.05) is 35.9 Å². The quantitative estimate of drug-likeness (QED) is 0.395. The van der Waals surface area contributed by atoms with Crippen LogP contribution >= 0.6 is 11.6 Å². The highest BCUT2D eigenvalue weighted by atomic mass is 35.5. The van der Waals surface area contributed by atoms with Crippen molar-refractivity contribution in [3.63, 3.8) is 0 Å². The predicted molar refractivity (Wildman–Crippen MR) is 89.1 cm³/mol. The van der Waals surface area contributed by atoms with Crippen LogP contribution < -0.4 is 9.47 Å². The fourth-order valence-electron chi connectivity index (χ4n) is 2.58. The maximum atomic E-state index is 11.5. The molecule has 3 rings (SSSR count). The summed E-state index contributed by atoms with van der Waals surface area (Å²) in [5, 5.41) is 3.12. The number of hydrogen-bond donors (Lipinski definition) is 0. The number of esters is 2. The summed E-state index contributed by atoms with van der Waals surface area (Å²) in [4.78, 5) is 23.0. The Balaban J connectivity index is 2.50. The van der Waals surface area contributed by atoms with E-state index in [0.29, 0.717) is 38.1 Å². The minimum absolute atomic E-state index is 0.404. The van der Waals surface area contributed by atoms with Gasteiger partial charge in [-0.2, -0.15) is 0 Å². The van der Waals surface area contributed by atoms with E-state index in [2.05, 4.69) is 0 Å². The van der Waals surface area contributed by atoms with Crippen LogP contribution in [-0.2, 0) is 9.59 Å². The molecule has 4 nitrogen and oxygen atoms in total. The SMILES string of the molecule is CC(=O)Oc1c2ccccc2c(OC(C)=O)c2cc(Cl)ccc12. The molecule has 5 heteroatoms. The van der Waals surface area contributed by atoms with Crippen LogP contribution in [0.25, 0.3) is 21.5 Å². The molecule has 0 spiro atoms. The van der Waals surface area contributed by atoms with Gasteiger partial charge >= 0.3 is 11.9 Å². The molecule has 116 valence electrons. The average Bonchev–Trinajstić information content (AvgIpc) is 2.49. The molecule has 0 saturated heterocycles. The van der Waals surface area contributed by atoms with E-state index < -0.39 is 11.9 Å². The number of halogens is 1. The van der Waals surface area contributed by atoms with Gasteiger partial charge in [-0.3, -0.25) is 9.59 Å². The molecule has 0 atom stereocenters. The largest absolute Gasteiger partial charge is 0.425 e. The lowest BCUT2D eigenvalue weighted by molar-refractivity contribution is -0.132. The fourth-order valence-corrected chi connectivity index (χ4v) is 2.75. The highest BCUT2D eigenvalue weighted by Crippen LogP contribution is 2.43. The molecule has 0 aromatic heterocycles. The number of carbonyl (C=O) groups is 2. The molecule has 0 aliphatic rings. The smallest absolute Gasteiger partial charge is 0.308 e. The Hall–Kier alpha value is -2.59. The lowest BCUT2D eigenvalue weighted by Crippen LogP contribution is -2.06. The van der Waals surface area contributed by atoms with E-state index in [1.807, 2.05) is 18.2 Å². The lowest BCUT2D eigenvalue weighted by atomic mass is 10.0. The van der Waals surface area contributed by atoms with E-state index in [1.165, 1.54) is 13.8 Å². The van der Waals surface area contributed by atoms with Gasteiger partial charge < -0.3 is 9.47 Å². The Morgan fingerprint density at radius 2 is 1.26 bits per heavy atom. The number of carbonyl (C=O) groups excluding carboxylic acids is 2. The van der Waals surface area contributed by atoms with Crippen molar-refractivity contribution in [3.05, 3.63) is 47.5 Å². The maximum absolute atomic E-state index is 11.5. The van der Waals surface area contributed by atoms with Gasteiger partial charge in [0.05, 0.1) is 0 Å². The topological polar surface area (TPSA) is 52.6 Å². The van der Waals surface area contributed by atoms with E-state index in [0.717, 1.165) is 0 Å². The van der Waals surface area contributed by atoms with Gasteiger partial charge in [0.1, 0.15) is 11.5 Å². The van der Waals surface area contributed by atoms with E-state index in [9.17, 15) is 9.59 Å². The average molecular weight is 329 g/mol. The first kappa shape index (κ1) is 15.3. The van der Waals surface area contributed by atoms with Gasteiger partial charge in [-0.05, 0) is 18.2 Å². The first-order valence-electron chi connectivity index (χ1n) is 6.98. The highest BCUT2D eigenvalue weighted by Gasteiger charge is 2.18.